The molecule has 9 nitrogen and oxygen atoms in total. The Morgan fingerprint density at radius 2 is 1.60 bits per heavy atom. The number of halogens is 8. The number of nitrogens with one attached hydrogen (secondary N) is 1. The van der Waals surface area contributed by atoms with Crippen LogP contribution in [0, 0.1) is 0 Å². The maximum absolute atomic E-state index is 13.6. The monoisotopic (exact) mass is 743 g/mol. The van der Waals surface area contributed by atoms with Gasteiger partial charge in [0.15, 0.2) is 5.82 Å². The van der Waals surface area contributed by atoms with Crippen molar-refractivity contribution >= 4 is 34.8 Å². The highest BCUT2D eigenvalue weighted by molar-refractivity contribution is 6.42. The molecule has 1 aliphatic rings. The summed E-state index contributed by atoms with van der Waals surface area (Å²) in [7, 11) is 1.24. The topological polar surface area (TPSA) is 101 Å². The number of para-hydroxylation sites is 1. The van der Waals surface area contributed by atoms with Gasteiger partial charge in [-0.25, -0.2) is 5.10 Å². The molecule has 17 heteroatoms. The van der Waals surface area contributed by atoms with Gasteiger partial charge in [-0.05, 0) is 70.9 Å². The van der Waals surface area contributed by atoms with Crippen molar-refractivity contribution in [2.24, 2.45) is 0 Å². The lowest BCUT2D eigenvalue weighted by Crippen LogP contribution is -2.48. The van der Waals surface area contributed by atoms with E-state index < -0.39 is 53.5 Å². The fraction of sp³-hybridized carbons (Fsp3) is 0.394. The number of alkyl halides is 6. The number of hydrogen-bond acceptors (Lipinski definition) is 7. The number of likely N-dealkylation sites (N-methyl/N-ethyl adjacent to an activating group) is 1. The van der Waals surface area contributed by atoms with E-state index in [1.54, 1.807) is 18.2 Å². The number of aromatic nitrogens is 4. The Morgan fingerprint density at radius 3 is 2.18 bits per heavy atom. The second kappa shape index (κ2) is 15.5. The maximum Gasteiger partial charge on any atom is 0.416 e. The van der Waals surface area contributed by atoms with E-state index >= 15 is 0 Å². The zero-order chi connectivity index (χ0) is 36.2. The van der Waals surface area contributed by atoms with Crippen LogP contribution in [0.15, 0.2) is 60.7 Å². The Balaban J connectivity index is 1.34. The molecular formula is C33H33Cl2F6N7O2. The van der Waals surface area contributed by atoms with Gasteiger partial charge in [-0.3, -0.25) is 9.69 Å². The third kappa shape index (κ3) is 8.86. The summed E-state index contributed by atoms with van der Waals surface area (Å²) in [6, 6.07) is 12.5. The van der Waals surface area contributed by atoms with Crippen LogP contribution in [-0.2, 0) is 18.8 Å². The van der Waals surface area contributed by atoms with E-state index in [4.69, 9.17) is 23.2 Å². The average molecular weight is 745 g/mol. The summed E-state index contributed by atoms with van der Waals surface area (Å²) in [6.07, 6.45) is -9.36. The number of H-pyrrole nitrogens is 1. The first-order valence-electron chi connectivity index (χ1n) is 15.6. The Hall–Kier alpha value is -3.92. The van der Waals surface area contributed by atoms with Crippen LogP contribution < -0.4 is 4.90 Å². The smallest absolute Gasteiger partial charge is 0.394 e. The molecule has 1 saturated heterocycles. The van der Waals surface area contributed by atoms with Gasteiger partial charge in [0.25, 0.3) is 5.91 Å². The molecule has 2 N–H and O–H groups in total. The minimum atomic E-state index is -5.13. The Labute approximate surface area is 293 Å². The molecule has 2 atom stereocenters. The van der Waals surface area contributed by atoms with Gasteiger partial charge in [0.1, 0.15) is 0 Å². The van der Waals surface area contributed by atoms with E-state index in [1.165, 1.54) is 7.05 Å². The molecule has 1 amide bonds. The molecule has 1 fully saturated rings. The lowest BCUT2D eigenvalue weighted by Gasteiger charge is -2.39. The number of carbonyl (C=O) groups excluding carboxylic acids is 1. The standard InChI is InChI=1S/C33H33Cl2F6N7O2/c1-46(31(50)22-14-23(32(36,37)38)18-24(15-22)33(39,40)41)29(19-49)25(20-6-7-26(34)27(35)16-20)8-9-47-10-12-48(13-11-47)28-5-3-2-4-21(28)17-30-42-44-45-43-30/h2-7,14-16,18,25,29,49H,8-13,17,19H2,1H3,(H,42,43,44,45)/t25-,29+/m0/s1. The SMILES string of the molecule is CN(C(=O)c1cc(C(F)(F)F)cc(C(F)(F)F)c1)[C@H](CO)[C@@H](CCN1CCN(c2ccccc2Cc2nnn[nH]2)CC1)c1ccc(Cl)c(Cl)c1. The number of amides is 1. The van der Waals surface area contributed by atoms with Crippen molar-refractivity contribution in [3.05, 3.63) is 104 Å². The first-order valence-corrected chi connectivity index (χ1v) is 16.3. The predicted molar refractivity (Wildman–Crippen MR) is 175 cm³/mol. The number of carbonyl (C=O) groups is 1. The summed E-state index contributed by atoms with van der Waals surface area (Å²) in [5, 5.41) is 25.1. The van der Waals surface area contributed by atoms with Crippen LogP contribution in [0.2, 0.25) is 10.0 Å². The maximum atomic E-state index is 13.6. The van der Waals surface area contributed by atoms with Crippen LogP contribution in [0.5, 0.6) is 0 Å². The van der Waals surface area contributed by atoms with E-state index in [9.17, 15) is 36.2 Å². The predicted octanol–water partition coefficient (Wildman–Crippen LogP) is 6.56. The number of nitrogens with zero attached hydrogens (tertiary/aromatic N) is 6. The van der Waals surface area contributed by atoms with Crippen molar-refractivity contribution in [1.29, 1.82) is 0 Å². The van der Waals surface area contributed by atoms with Gasteiger partial charge >= 0.3 is 12.4 Å². The lowest BCUT2D eigenvalue weighted by atomic mass is 9.87. The van der Waals surface area contributed by atoms with Gasteiger partial charge < -0.3 is 14.9 Å². The molecule has 0 aliphatic carbocycles. The summed E-state index contributed by atoms with van der Waals surface area (Å²) < 4.78 is 81.4. The summed E-state index contributed by atoms with van der Waals surface area (Å²) in [6.45, 7) is 2.61. The number of aromatic amines is 1. The number of piperazine rings is 1. The van der Waals surface area contributed by atoms with Crippen LogP contribution in [0.3, 0.4) is 0 Å². The minimum absolute atomic E-state index is 0.0365. The molecular weight excluding hydrogens is 711 g/mol. The molecule has 2 heterocycles. The van der Waals surface area contributed by atoms with Crippen LogP contribution in [-0.4, -0.2) is 93.9 Å². The largest absolute Gasteiger partial charge is 0.416 e. The van der Waals surface area contributed by atoms with Crippen LogP contribution >= 0.6 is 23.2 Å². The second-order valence-corrected chi connectivity index (χ2v) is 12.8. The molecule has 1 aliphatic heterocycles. The first kappa shape index (κ1) is 37.3. The number of anilines is 1. The third-order valence-corrected chi connectivity index (χ3v) is 9.62. The van der Waals surface area contributed by atoms with Crippen LogP contribution in [0.1, 0.15) is 50.8 Å². The Morgan fingerprint density at radius 1 is 0.940 bits per heavy atom. The van der Waals surface area contributed by atoms with Gasteiger partial charge in [-0.15, -0.1) is 5.10 Å². The van der Waals surface area contributed by atoms with Crippen molar-refractivity contribution in [3.63, 3.8) is 0 Å². The molecule has 0 saturated carbocycles. The number of rotatable bonds is 11. The zero-order valence-corrected chi connectivity index (χ0v) is 28.2. The Kier molecular flexibility index (Phi) is 11.6. The number of benzene rings is 3. The lowest BCUT2D eigenvalue weighted by molar-refractivity contribution is -0.143. The molecule has 4 aromatic rings. The molecule has 5 rings (SSSR count). The number of aliphatic hydroxyl groups is 1. The van der Waals surface area contributed by atoms with Crippen molar-refractivity contribution in [3.8, 4) is 0 Å². The summed E-state index contributed by atoms with van der Waals surface area (Å²) in [4.78, 5) is 19.0. The van der Waals surface area contributed by atoms with Gasteiger partial charge in [0, 0.05) is 56.8 Å². The average Bonchev–Trinajstić information content (AvgIpc) is 3.60. The number of tetrazole rings is 1. The van der Waals surface area contributed by atoms with Crippen LogP contribution in [0.4, 0.5) is 32.0 Å². The van der Waals surface area contributed by atoms with Crippen LogP contribution in [0.25, 0.3) is 0 Å². The number of aliphatic hydroxyl groups excluding tert-OH is 1. The minimum Gasteiger partial charge on any atom is -0.394 e. The second-order valence-electron chi connectivity index (χ2n) is 12.0. The van der Waals surface area contributed by atoms with Crippen molar-refractivity contribution in [2.75, 3.05) is 51.3 Å². The molecule has 268 valence electrons. The van der Waals surface area contributed by atoms with E-state index in [1.807, 2.05) is 24.3 Å². The molecule has 0 unspecified atom stereocenters. The van der Waals surface area contributed by atoms with Gasteiger partial charge in [-0.1, -0.05) is 47.5 Å². The van der Waals surface area contributed by atoms with E-state index in [2.05, 4.69) is 30.4 Å². The highest BCUT2D eigenvalue weighted by Gasteiger charge is 2.39. The molecule has 50 heavy (non-hydrogen) atoms. The highest BCUT2D eigenvalue weighted by atomic mass is 35.5. The number of hydrogen-bond donors (Lipinski definition) is 2. The fourth-order valence-corrected chi connectivity index (χ4v) is 6.52. The fourth-order valence-electron chi connectivity index (χ4n) is 6.21. The quantitative estimate of drug-likeness (QED) is 0.168. The van der Waals surface area contributed by atoms with Crippen molar-refractivity contribution < 1.29 is 36.2 Å². The van der Waals surface area contributed by atoms with Crippen molar-refractivity contribution in [2.45, 2.75) is 37.2 Å². The Bertz CT molecular complexity index is 1730. The highest BCUT2D eigenvalue weighted by Crippen LogP contribution is 2.38. The first-order chi connectivity index (χ1) is 23.7. The third-order valence-electron chi connectivity index (χ3n) is 8.88. The summed E-state index contributed by atoms with van der Waals surface area (Å²) >= 11 is 12.5. The molecule has 3 aromatic carbocycles. The van der Waals surface area contributed by atoms with Gasteiger partial charge in [-0.2, -0.15) is 26.3 Å². The van der Waals surface area contributed by atoms with Crippen molar-refractivity contribution in [1.82, 2.24) is 30.4 Å². The molecule has 0 bridgehead atoms. The molecule has 1 aromatic heterocycles. The molecule has 0 spiro atoms. The normalized spacial score (nSPS) is 15.6. The van der Waals surface area contributed by atoms with Gasteiger partial charge in [0.2, 0.25) is 0 Å². The van der Waals surface area contributed by atoms with E-state index in [0.29, 0.717) is 69.1 Å². The zero-order valence-electron chi connectivity index (χ0n) is 26.6. The van der Waals surface area contributed by atoms with E-state index in [0.717, 1.165) is 16.2 Å². The van der Waals surface area contributed by atoms with E-state index in [-0.39, 0.29) is 16.1 Å². The summed E-state index contributed by atoms with van der Waals surface area (Å²) in [5.41, 5.74) is -1.32. The van der Waals surface area contributed by atoms with Gasteiger partial charge in [0.05, 0.1) is 33.8 Å². The summed E-state index contributed by atoms with van der Waals surface area (Å²) in [5.74, 6) is -1.09. The molecule has 0 radical (unpaired) electrons.